The number of aliphatic carboxylic acids is 1. The maximum Gasteiger partial charge on any atom is 0.311 e. The van der Waals surface area contributed by atoms with Crippen LogP contribution in [0.3, 0.4) is 0 Å². The topological polar surface area (TPSA) is 119 Å². The van der Waals surface area contributed by atoms with Gasteiger partial charge in [-0.3, -0.25) is 9.59 Å². The molecule has 31 heavy (non-hydrogen) atoms. The third kappa shape index (κ3) is 4.27. The van der Waals surface area contributed by atoms with Gasteiger partial charge >= 0.3 is 5.97 Å². The zero-order valence-corrected chi connectivity index (χ0v) is 16.7. The van der Waals surface area contributed by atoms with Gasteiger partial charge in [-0.1, -0.05) is 0 Å². The van der Waals surface area contributed by atoms with Crippen LogP contribution in [0.15, 0.2) is 36.7 Å². The molecule has 2 fully saturated rings. The van der Waals surface area contributed by atoms with E-state index in [9.17, 15) is 9.59 Å². The van der Waals surface area contributed by atoms with Crippen LogP contribution in [0.4, 0.5) is 5.69 Å². The summed E-state index contributed by atoms with van der Waals surface area (Å²) in [5, 5.41) is 13.1. The summed E-state index contributed by atoms with van der Waals surface area (Å²) < 4.78 is 13.0. The lowest BCUT2D eigenvalue weighted by Gasteiger charge is -2.17. The van der Waals surface area contributed by atoms with Crippen molar-refractivity contribution in [2.24, 2.45) is 5.92 Å². The number of hydrogen-bond acceptors (Lipinski definition) is 7. The Morgan fingerprint density at radius 1 is 1.19 bits per heavy atom. The second-order valence-electron chi connectivity index (χ2n) is 7.76. The van der Waals surface area contributed by atoms with E-state index < -0.39 is 12.1 Å². The molecule has 1 saturated carbocycles. The number of pyridine rings is 2. The molecule has 0 bridgehead atoms. The van der Waals surface area contributed by atoms with E-state index in [0.717, 1.165) is 0 Å². The van der Waals surface area contributed by atoms with Crippen LogP contribution in [-0.2, 0) is 16.0 Å². The summed E-state index contributed by atoms with van der Waals surface area (Å²) in [6.07, 6.45) is 5.36. The Bertz CT molecular complexity index is 1120. The van der Waals surface area contributed by atoms with Gasteiger partial charge in [-0.15, -0.1) is 0 Å². The number of carboxylic acids is 1. The second-order valence-corrected chi connectivity index (χ2v) is 7.76. The SMILES string of the molecule is O=C(O)Cc1nc2ccc(N3CC[C@@H](Oc4ccc(OCC5CC5)nc4)C3=O)cn2n1. The van der Waals surface area contributed by atoms with Crippen LogP contribution < -0.4 is 14.4 Å². The molecular formula is C21H21N5O5. The average molecular weight is 423 g/mol. The van der Waals surface area contributed by atoms with Gasteiger partial charge in [0, 0.05) is 19.0 Å². The van der Waals surface area contributed by atoms with Crippen molar-refractivity contribution >= 4 is 23.2 Å². The van der Waals surface area contributed by atoms with Gasteiger partial charge in [0.1, 0.15) is 12.2 Å². The number of rotatable bonds is 8. The molecule has 1 aliphatic carbocycles. The van der Waals surface area contributed by atoms with Crippen molar-refractivity contribution in [1.29, 1.82) is 0 Å². The number of anilines is 1. The molecule has 1 saturated heterocycles. The Morgan fingerprint density at radius 3 is 2.81 bits per heavy atom. The van der Waals surface area contributed by atoms with Crippen molar-refractivity contribution in [3.8, 4) is 11.6 Å². The molecule has 10 nitrogen and oxygen atoms in total. The first-order valence-corrected chi connectivity index (χ1v) is 10.2. The minimum absolute atomic E-state index is 0.153. The van der Waals surface area contributed by atoms with Crippen LogP contribution in [-0.4, -0.2) is 55.8 Å². The predicted octanol–water partition coefficient (Wildman–Crippen LogP) is 1.72. The molecule has 0 unspecified atom stereocenters. The lowest BCUT2D eigenvalue weighted by molar-refractivity contribution is -0.136. The third-order valence-corrected chi connectivity index (χ3v) is 5.29. The number of carbonyl (C=O) groups is 2. The first-order valence-electron chi connectivity index (χ1n) is 10.2. The van der Waals surface area contributed by atoms with Gasteiger partial charge in [0.2, 0.25) is 5.88 Å². The van der Waals surface area contributed by atoms with E-state index in [1.165, 1.54) is 17.4 Å². The normalized spacial score (nSPS) is 18.5. The first kappa shape index (κ1) is 19.3. The van der Waals surface area contributed by atoms with Gasteiger partial charge in [0.25, 0.3) is 5.91 Å². The van der Waals surface area contributed by atoms with Crippen molar-refractivity contribution in [3.05, 3.63) is 42.5 Å². The first-order chi connectivity index (χ1) is 15.0. The smallest absolute Gasteiger partial charge is 0.311 e. The van der Waals surface area contributed by atoms with E-state index in [4.69, 9.17) is 14.6 Å². The summed E-state index contributed by atoms with van der Waals surface area (Å²) in [5.41, 5.74) is 1.17. The van der Waals surface area contributed by atoms with Crippen LogP contribution in [0.5, 0.6) is 11.6 Å². The molecular weight excluding hydrogens is 402 g/mol. The number of nitrogens with zero attached hydrogens (tertiary/aromatic N) is 5. The molecule has 0 aromatic carbocycles. The maximum atomic E-state index is 12.9. The second kappa shape index (κ2) is 7.86. The van der Waals surface area contributed by atoms with Crippen molar-refractivity contribution < 1.29 is 24.2 Å². The average Bonchev–Trinajstić information content (AvgIpc) is 3.40. The largest absolute Gasteiger partial charge is 0.481 e. The fourth-order valence-electron chi connectivity index (χ4n) is 3.48. The van der Waals surface area contributed by atoms with Gasteiger partial charge < -0.3 is 19.5 Å². The van der Waals surface area contributed by atoms with Crippen LogP contribution in [0.1, 0.15) is 25.1 Å². The van der Waals surface area contributed by atoms with Gasteiger partial charge in [-0.2, -0.15) is 5.10 Å². The fourth-order valence-corrected chi connectivity index (χ4v) is 3.48. The zero-order chi connectivity index (χ0) is 21.4. The van der Waals surface area contributed by atoms with Gasteiger partial charge in [-0.25, -0.2) is 14.5 Å². The Morgan fingerprint density at radius 2 is 2.06 bits per heavy atom. The summed E-state index contributed by atoms with van der Waals surface area (Å²) in [4.78, 5) is 33.8. The third-order valence-electron chi connectivity index (χ3n) is 5.29. The highest BCUT2D eigenvalue weighted by Crippen LogP contribution is 2.30. The number of hydrogen-bond donors (Lipinski definition) is 1. The van der Waals surface area contributed by atoms with Crippen LogP contribution in [0.25, 0.3) is 5.65 Å². The number of ether oxygens (including phenoxy) is 2. The lowest BCUT2D eigenvalue weighted by Crippen LogP contribution is -2.32. The molecule has 10 heteroatoms. The number of aromatic nitrogens is 4. The molecule has 1 N–H and O–H groups in total. The van der Waals surface area contributed by atoms with E-state index in [1.54, 1.807) is 41.6 Å². The molecule has 1 atom stereocenters. The number of carbonyl (C=O) groups excluding carboxylic acids is 1. The van der Waals surface area contributed by atoms with Gasteiger partial charge in [-0.05, 0) is 37.0 Å². The van der Waals surface area contributed by atoms with E-state index in [0.29, 0.717) is 48.5 Å². The van der Waals surface area contributed by atoms with Crippen LogP contribution in [0, 0.1) is 5.92 Å². The molecule has 4 heterocycles. The fraction of sp³-hybridized carbons (Fsp3) is 0.381. The molecule has 160 valence electrons. The van der Waals surface area contributed by atoms with Crippen molar-refractivity contribution in [1.82, 2.24) is 19.6 Å². The monoisotopic (exact) mass is 423 g/mol. The maximum absolute atomic E-state index is 12.9. The summed E-state index contributed by atoms with van der Waals surface area (Å²) in [5.74, 6) is 0.796. The lowest BCUT2D eigenvalue weighted by atomic mass is 10.3. The molecule has 3 aromatic rings. The summed E-state index contributed by atoms with van der Waals surface area (Å²) in [6.45, 7) is 1.19. The van der Waals surface area contributed by atoms with Crippen molar-refractivity contribution in [2.45, 2.75) is 31.8 Å². The highest BCUT2D eigenvalue weighted by molar-refractivity contribution is 5.99. The Kier molecular flexibility index (Phi) is 4.89. The minimum Gasteiger partial charge on any atom is -0.481 e. The quantitative estimate of drug-likeness (QED) is 0.582. The molecule has 1 aliphatic heterocycles. The highest BCUT2D eigenvalue weighted by Gasteiger charge is 2.34. The summed E-state index contributed by atoms with van der Waals surface area (Å²) in [7, 11) is 0. The standard InChI is InChI=1S/C21H21N5O5/c27-20(28)9-17-23-18-5-3-14(11-26(18)24-17)25-8-7-16(21(25)29)31-15-4-6-19(22-10-15)30-12-13-1-2-13/h3-6,10-11,13,16H,1-2,7-9,12H2,(H,27,28)/t16-/m1/s1. The highest BCUT2D eigenvalue weighted by atomic mass is 16.5. The van der Waals surface area contributed by atoms with Crippen LogP contribution in [0.2, 0.25) is 0 Å². The number of fused-ring (bicyclic) bond motifs is 1. The number of amides is 1. The Labute approximate surface area is 177 Å². The van der Waals surface area contributed by atoms with E-state index in [1.807, 2.05) is 0 Å². The van der Waals surface area contributed by atoms with E-state index in [-0.39, 0.29) is 18.2 Å². The van der Waals surface area contributed by atoms with Crippen molar-refractivity contribution in [3.63, 3.8) is 0 Å². The van der Waals surface area contributed by atoms with Gasteiger partial charge in [0.05, 0.1) is 24.7 Å². The molecule has 0 radical (unpaired) electrons. The number of carboxylic acid groups (broad SMARTS) is 1. The molecule has 1 amide bonds. The van der Waals surface area contributed by atoms with E-state index >= 15 is 0 Å². The minimum atomic E-state index is -0.997. The Hall–Kier alpha value is -3.69. The van der Waals surface area contributed by atoms with Gasteiger partial charge in [0.15, 0.2) is 17.6 Å². The predicted molar refractivity (Wildman–Crippen MR) is 108 cm³/mol. The molecule has 2 aliphatic rings. The molecule has 5 rings (SSSR count). The summed E-state index contributed by atoms with van der Waals surface area (Å²) in [6, 6.07) is 6.99. The molecule has 0 spiro atoms. The van der Waals surface area contributed by atoms with Crippen LogP contribution >= 0.6 is 0 Å². The van der Waals surface area contributed by atoms with Crippen molar-refractivity contribution in [2.75, 3.05) is 18.1 Å². The zero-order valence-electron chi connectivity index (χ0n) is 16.7. The Balaban J connectivity index is 1.24. The summed E-state index contributed by atoms with van der Waals surface area (Å²) >= 11 is 0. The van der Waals surface area contributed by atoms with E-state index in [2.05, 4.69) is 15.1 Å². The molecule has 3 aromatic heterocycles.